The number of ether oxygens (including phenoxy) is 1. The fraction of sp³-hybridized carbons (Fsp3) is 0.609. The van der Waals surface area contributed by atoms with Gasteiger partial charge in [0.05, 0.1) is 19.8 Å². The minimum Gasteiger partial charge on any atom is -0.490 e. The third-order valence-electron chi connectivity index (χ3n) is 4.89. The van der Waals surface area contributed by atoms with E-state index in [0.29, 0.717) is 17.9 Å². The summed E-state index contributed by atoms with van der Waals surface area (Å²) in [6.45, 7) is 1.04. The second-order valence-corrected chi connectivity index (χ2v) is 7.43. The molecule has 1 amide bonds. The first-order valence-electron chi connectivity index (χ1n) is 10.6. The Morgan fingerprint density at radius 2 is 1.52 bits per heavy atom. The molecule has 0 saturated carbocycles. The summed E-state index contributed by atoms with van der Waals surface area (Å²) in [6.07, 6.45) is 14.4. The first kappa shape index (κ1) is 25.1. The fourth-order valence-corrected chi connectivity index (χ4v) is 2.83. The summed E-state index contributed by atoms with van der Waals surface area (Å²) in [6, 6.07) is 6.59. The van der Waals surface area contributed by atoms with E-state index in [1.54, 1.807) is 24.3 Å². The maximum Gasteiger partial charge on any atom is 0.251 e. The Morgan fingerprint density at radius 3 is 2.10 bits per heavy atom. The molecule has 0 radical (unpaired) electrons. The molecule has 0 aliphatic rings. The molecule has 1 aromatic carbocycles. The highest BCUT2D eigenvalue weighted by molar-refractivity contribution is 5.94. The number of allylic oxidation sites excluding steroid dienone is 1. The van der Waals surface area contributed by atoms with Gasteiger partial charge in [0.15, 0.2) is 0 Å². The van der Waals surface area contributed by atoms with E-state index >= 15 is 0 Å². The molecular formula is C23H37NO5. The quantitative estimate of drug-likeness (QED) is 0.249. The van der Waals surface area contributed by atoms with Crippen molar-refractivity contribution >= 4 is 5.91 Å². The highest BCUT2D eigenvalue weighted by atomic mass is 16.5. The van der Waals surface area contributed by atoms with E-state index in [-0.39, 0.29) is 0 Å². The molecule has 6 heteroatoms. The number of amides is 1. The first-order chi connectivity index (χ1) is 14.1. The van der Waals surface area contributed by atoms with E-state index in [2.05, 4.69) is 18.3 Å². The number of aliphatic hydroxyl groups excluding tert-OH is 3. The van der Waals surface area contributed by atoms with Crippen molar-refractivity contribution in [2.45, 2.75) is 63.8 Å². The molecule has 0 spiro atoms. The van der Waals surface area contributed by atoms with Crippen LogP contribution in [0.1, 0.15) is 68.6 Å². The lowest BCUT2D eigenvalue weighted by Crippen LogP contribution is -2.57. The van der Waals surface area contributed by atoms with Crippen LogP contribution in [0.25, 0.3) is 0 Å². The monoisotopic (exact) mass is 407 g/mol. The third kappa shape index (κ3) is 9.92. The van der Waals surface area contributed by atoms with Crippen molar-refractivity contribution in [3.8, 4) is 5.75 Å². The Kier molecular flexibility index (Phi) is 13.0. The van der Waals surface area contributed by atoms with Crippen LogP contribution < -0.4 is 10.1 Å². The Bertz CT molecular complexity index is 573. The summed E-state index contributed by atoms with van der Waals surface area (Å²) in [5.41, 5.74) is -1.08. The molecule has 4 N–H and O–H groups in total. The van der Waals surface area contributed by atoms with Crippen LogP contribution >= 0.6 is 0 Å². The van der Waals surface area contributed by atoms with Gasteiger partial charge in [0, 0.05) is 5.56 Å². The van der Waals surface area contributed by atoms with Crippen LogP contribution in [0.2, 0.25) is 0 Å². The number of rotatable bonds is 16. The van der Waals surface area contributed by atoms with Crippen LogP contribution in [0, 0.1) is 0 Å². The van der Waals surface area contributed by atoms with E-state index in [1.807, 2.05) is 6.08 Å². The van der Waals surface area contributed by atoms with E-state index in [0.717, 1.165) is 6.42 Å². The lowest BCUT2D eigenvalue weighted by Gasteiger charge is -2.28. The number of hydrogen-bond donors (Lipinski definition) is 4. The van der Waals surface area contributed by atoms with Gasteiger partial charge in [-0.25, -0.2) is 0 Å². The van der Waals surface area contributed by atoms with E-state index in [1.165, 1.54) is 44.9 Å². The van der Waals surface area contributed by atoms with Gasteiger partial charge in [-0.15, -0.1) is 0 Å². The van der Waals surface area contributed by atoms with Gasteiger partial charge in [0.1, 0.15) is 17.9 Å². The smallest absolute Gasteiger partial charge is 0.251 e. The maximum absolute atomic E-state index is 12.2. The average molecular weight is 408 g/mol. The SMILES string of the molecule is CCCCCCCCC/C=C/COc1ccc(C(=O)NC(CO)(CO)CO)cc1. The van der Waals surface area contributed by atoms with Gasteiger partial charge in [0.25, 0.3) is 5.91 Å². The van der Waals surface area contributed by atoms with Crippen molar-refractivity contribution in [1.82, 2.24) is 5.32 Å². The largest absolute Gasteiger partial charge is 0.490 e. The second kappa shape index (κ2) is 15.0. The topological polar surface area (TPSA) is 99.0 Å². The number of hydrogen-bond acceptors (Lipinski definition) is 5. The highest BCUT2D eigenvalue weighted by Crippen LogP contribution is 2.14. The zero-order chi connectivity index (χ0) is 21.4. The minimum atomic E-state index is -1.44. The Labute approximate surface area is 174 Å². The Hall–Kier alpha value is -1.89. The zero-order valence-corrected chi connectivity index (χ0v) is 17.6. The van der Waals surface area contributed by atoms with Gasteiger partial charge in [-0.1, -0.05) is 57.6 Å². The van der Waals surface area contributed by atoms with Crippen LogP contribution in [-0.2, 0) is 0 Å². The van der Waals surface area contributed by atoms with E-state index in [9.17, 15) is 20.1 Å². The number of aliphatic hydroxyl groups is 3. The van der Waals surface area contributed by atoms with Gasteiger partial charge in [0.2, 0.25) is 0 Å². The summed E-state index contributed by atoms with van der Waals surface area (Å²) in [7, 11) is 0. The summed E-state index contributed by atoms with van der Waals surface area (Å²) >= 11 is 0. The molecular weight excluding hydrogens is 370 g/mol. The maximum atomic E-state index is 12.2. The lowest BCUT2D eigenvalue weighted by molar-refractivity contribution is 0.0375. The van der Waals surface area contributed by atoms with Crippen molar-refractivity contribution in [3.05, 3.63) is 42.0 Å². The normalized spacial score (nSPS) is 11.7. The highest BCUT2D eigenvalue weighted by Gasteiger charge is 2.30. The van der Waals surface area contributed by atoms with Crippen LogP contribution in [0.4, 0.5) is 0 Å². The lowest BCUT2D eigenvalue weighted by atomic mass is 10.0. The van der Waals surface area contributed by atoms with Gasteiger partial charge >= 0.3 is 0 Å². The number of carbonyl (C=O) groups is 1. The van der Waals surface area contributed by atoms with Gasteiger partial charge in [-0.3, -0.25) is 4.79 Å². The molecule has 164 valence electrons. The molecule has 0 bridgehead atoms. The third-order valence-corrected chi connectivity index (χ3v) is 4.89. The molecule has 0 atom stereocenters. The molecule has 1 aromatic rings. The van der Waals surface area contributed by atoms with Crippen molar-refractivity contribution in [1.29, 1.82) is 0 Å². The molecule has 0 fully saturated rings. The predicted octanol–water partition coefficient (Wildman–Crippen LogP) is 3.21. The average Bonchev–Trinajstić information content (AvgIpc) is 2.76. The summed E-state index contributed by atoms with van der Waals surface area (Å²) in [5.74, 6) is 0.170. The number of nitrogens with one attached hydrogen (secondary N) is 1. The van der Waals surface area contributed by atoms with Crippen LogP contribution in [0.3, 0.4) is 0 Å². The standard InChI is InChI=1S/C23H37NO5/c1-2-3-4-5-6-7-8-9-10-11-16-29-21-14-12-20(13-15-21)22(28)24-23(17-25,18-26)19-27/h10-15,25-27H,2-9,16-19H2,1H3,(H,24,28)/b11-10+. The molecule has 0 aromatic heterocycles. The van der Waals surface area contributed by atoms with Gasteiger partial charge in [-0.05, 0) is 37.1 Å². The molecule has 0 heterocycles. The van der Waals surface area contributed by atoms with Crippen molar-refractivity contribution in [3.63, 3.8) is 0 Å². The molecule has 29 heavy (non-hydrogen) atoms. The van der Waals surface area contributed by atoms with Crippen molar-refractivity contribution in [2.75, 3.05) is 26.4 Å². The summed E-state index contributed by atoms with van der Waals surface area (Å²) in [5, 5.41) is 30.3. The number of unbranched alkanes of at least 4 members (excludes halogenated alkanes) is 7. The Morgan fingerprint density at radius 1 is 0.931 bits per heavy atom. The van der Waals surface area contributed by atoms with E-state index < -0.39 is 31.3 Å². The fourth-order valence-electron chi connectivity index (χ4n) is 2.83. The molecule has 6 nitrogen and oxygen atoms in total. The van der Waals surface area contributed by atoms with Crippen LogP contribution in [0.5, 0.6) is 5.75 Å². The minimum absolute atomic E-state index is 0.353. The van der Waals surface area contributed by atoms with Crippen molar-refractivity contribution < 1.29 is 24.9 Å². The number of carbonyl (C=O) groups excluding carboxylic acids is 1. The number of benzene rings is 1. The van der Waals surface area contributed by atoms with Crippen LogP contribution in [0.15, 0.2) is 36.4 Å². The van der Waals surface area contributed by atoms with E-state index in [4.69, 9.17) is 4.74 Å². The summed E-state index contributed by atoms with van der Waals surface area (Å²) < 4.78 is 5.64. The Balaban J connectivity index is 2.28. The van der Waals surface area contributed by atoms with Gasteiger partial charge in [-0.2, -0.15) is 0 Å². The molecule has 1 rings (SSSR count). The molecule has 0 aliphatic heterocycles. The van der Waals surface area contributed by atoms with Crippen molar-refractivity contribution in [2.24, 2.45) is 0 Å². The molecule has 0 unspecified atom stereocenters. The molecule has 0 saturated heterocycles. The van der Waals surface area contributed by atoms with Crippen LogP contribution in [-0.4, -0.2) is 53.2 Å². The first-order valence-corrected chi connectivity index (χ1v) is 10.6. The second-order valence-electron chi connectivity index (χ2n) is 7.43. The summed E-state index contributed by atoms with van der Waals surface area (Å²) in [4.78, 5) is 12.2. The molecule has 0 aliphatic carbocycles. The van der Waals surface area contributed by atoms with Gasteiger partial charge < -0.3 is 25.4 Å². The zero-order valence-electron chi connectivity index (χ0n) is 17.6. The predicted molar refractivity (Wildman–Crippen MR) is 115 cm³/mol.